The van der Waals surface area contributed by atoms with Crippen molar-refractivity contribution in [2.75, 3.05) is 12.0 Å². The summed E-state index contributed by atoms with van der Waals surface area (Å²) in [6.07, 6.45) is 1.51. The normalized spacial score (nSPS) is 13.5. The van der Waals surface area contributed by atoms with Gasteiger partial charge in [-0.3, -0.25) is 0 Å². The van der Waals surface area contributed by atoms with Crippen LogP contribution in [0.25, 0.3) is 0 Å². The molecule has 19 heavy (non-hydrogen) atoms. The van der Waals surface area contributed by atoms with Crippen LogP contribution in [-0.2, 0) is 9.84 Å². The highest BCUT2D eigenvalue weighted by Gasteiger charge is 2.11. The standard InChI is InChI=1S/C14H22O4S/c1-11(2)18-13-7-4-6-12(10-13)14(15)8-5-9-19(3,16)17/h4,6-7,10-11,14-15H,5,8-9H2,1-3H3. The van der Waals surface area contributed by atoms with Gasteiger partial charge in [-0.25, -0.2) is 8.42 Å². The Morgan fingerprint density at radius 2 is 2.00 bits per heavy atom. The van der Waals surface area contributed by atoms with Gasteiger partial charge in [-0.05, 0) is 44.4 Å². The second-order valence-corrected chi connectivity index (χ2v) is 7.29. The molecule has 0 saturated carbocycles. The fraction of sp³-hybridized carbons (Fsp3) is 0.571. The first-order valence-corrected chi connectivity index (χ1v) is 8.46. The van der Waals surface area contributed by atoms with Crippen molar-refractivity contribution < 1.29 is 18.3 Å². The summed E-state index contributed by atoms with van der Waals surface area (Å²) in [4.78, 5) is 0. The van der Waals surface area contributed by atoms with Gasteiger partial charge < -0.3 is 9.84 Å². The SMILES string of the molecule is CC(C)Oc1cccc(C(O)CCCS(C)(=O)=O)c1. The number of rotatable bonds is 7. The molecular weight excluding hydrogens is 264 g/mol. The van der Waals surface area contributed by atoms with E-state index in [1.165, 1.54) is 6.26 Å². The van der Waals surface area contributed by atoms with Crippen molar-refractivity contribution in [3.63, 3.8) is 0 Å². The molecule has 1 rings (SSSR count). The lowest BCUT2D eigenvalue weighted by atomic mass is 10.1. The van der Waals surface area contributed by atoms with E-state index >= 15 is 0 Å². The van der Waals surface area contributed by atoms with Crippen molar-refractivity contribution in [1.82, 2.24) is 0 Å². The number of benzene rings is 1. The molecule has 0 spiro atoms. The summed E-state index contributed by atoms with van der Waals surface area (Å²) < 4.78 is 27.6. The van der Waals surface area contributed by atoms with Gasteiger partial charge in [0.15, 0.2) is 0 Å². The maximum Gasteiger partial charge on any atom is 0.147 e. The lowest BCUT2D eigenvalue weighted by Gasteiger charge is -2.14. The minimum absolute atomic E-state index is 0.0811. The summed E-state index contributed by atoms with van der Waals surface area (Å²) in [7, 11) is -2.96. The van der Waals surface area contributed by atoms with E-state index in [1.54, 1.807) is 6.07 Å². The van der Waals surface area contributed by atoms with E-state index in [4.69, 9.17) is 4.74 Å². The molecule has 0 aliphatic rings. The lowest BCUT2D eigenvalue weighted by Crippen LogP contribution is -2.07. The third-order valence-electron chi connectivity index (χ3n) is 2.61. The van der Waals surface area contributed by atoms with E-state index in [1.807, 2.05) is 32.0 Å². The third-order valence-corrected chi connectivity index (χ3v) is 3.64. The summed E-state index contributed by atoms with van der Waals surface area (Å²) in [6, 6.07) is 7.28. The van der Waals surface area contributed by atoms with Crippen LogP contribution in [0.3, 0.4) is 0 Å². The Balaban J connectivity index is 2.59. The Bertz CT molecular complexity index is 494. The fourth-order valence-electron chi connectivity index (χ4n) is 1.77. The summed E-state index contributed by atoms with van der Waals surface area (Å²) in [5, 5.41) is 10.0. The highest BCUT2D eigenvalue weighted by Crippen LogP contribution is 2.23. The molecule has 0 fully saturated rings. The summed E-state index contributed by atoms with van der Waals surface area (Å²) in [6.45, 7) is 3.88. The van der Waals surface area contributed by atoms with Crippen LogP contribution in [0.4, 0.5) is 0 Å². The second kappa shape index (κ2) is 6.91. The van der Waals surface area contributed by atoms with Crippen LogP contribution in [0.2, 0.25) is 0 Å². The molecule has 108 valence electrons. The van der Waals surface area contributed by atoms with Gasteiger partial charge in [-0.2, -0.15) is 0 Å². The van der Waals surface area contributed by atoms with Crippen molar-refractivity contribution in [1.29, 1.82) is 0 Å². The molecule has 0 aromatic heterocycles. The molecule has 1 unspecified atom stereocenters. The topological polar surface area (TPSA) is 63.6 Å². The van der Waals surface area contributed by atoms with Crippen LogP contribution in [0.15, 0.2) is 24.3 Å². The Morgan fingerprint density at radius 1 is 1.32 bits per heavy atom. The predicted octanol–water partition coefficient (Wildman–Crippen LogP) is 2.33. The molecular formula is C14H22O4S. The van der Waals surface area contributed by atoms with E-state index in [9.17, 15) is 13.5 Å². The van der Waals surface area contributed by atoms with Crippen LogP contribution in [0.1, 0.15) is 38.4 Å². The quantitative estimate of drug-likeness (QED) is 0.835. The summed E-state index contributed by atoms with van der Waals surface area (Å²) in [5.41, 5.74) is 0.756. The van der Waals surface area contributed by atoms with E-state index in [-0.39, 0.29) is 11.9 Å². The predicted molar refractivity (Wildman–Crippen MR) is 76.1 cm³/mol. The van der Waals surface area contributed by atoms with Crippen LogP contribution in [0.5, 0.6) is 5.75 Å². The number of hydrogen-bond acceptors (Lipinski definition) is 4. The van der Waals surface area contributed by atoms with Gasteiger partial charge in [0.25, 0.3) is 0 Å². The number of sulfone groups is 1. The minimum atomic E-state index is -2.96. The zero-order valence-corrected chi connectivity index (χ0v) is 12.5. The molecule has 0 radical (unpaired) electrons. The van der Waals surface area contributed by atoms with Crippen LogP contribution in [-0.4, -0.2) is 31.6 Å². The zero-order valence-electron chi connectivity index (χ0n) is 11.7. The maximum absolute atomic E-state index is 11.0. The van der Waals surface area contributed by atoms with Crippen molar-refractivity contribution >= 4 is 9.84 Å². The molecule has 0 heterocycles. The van der Waals surface area contributed by atoms with Gasteiger partial charge in [0, 0.05) is 12.0 Å². The van der Waals surface area contributed by atoms with Gasteiger partial charge in [-0.15, -0.1) is 0 Å². The number of aliphatic hydroxyl groups excluding tert-OH is 1. The Hall–Kier alpha value is -1.07. The van der Waals surface area contributed by atoms with Gasteiger partial charge in [-0.1, -0.05) is 12.1 Å². The van der Waals surface area contributed by atoms with Crippen LogP contribution < -0.4 is 4.74 Å². The molecule has 0 saturated heterocycles. The van der Waals surface area contributed by atoms with Crippen molar-refractivity contribution in [3.05, 3.63) is 29.8 Å². The molecule has 1 N–H and O–H groups in total. The third kappa shape index (κ3) is 6.59. The molecule has 0 amide bonds. The molecule has 1 aromatic carbocycles. The first-order chi connectivity index (χ1) is 8.78. The first-order valence-electron chi connectivity index (χ1n) is 6.40. The van der Waals surface area contributed by atoms with Gasteiger partial charge in [0.2, 0.25) is 0 Å². The molecule has 1 aromatic rings. The average molecular weight is 286 g/mol. The second-order valence-electron chi connectivity index (χ2n) is 5.03. The Labute approximate surface area is 115 Å². The molecule has 0 bridgehead atoms. The molecule has 0 aliphatic carbocycles. The van der Waals surface area contributed by atoms with Gasteiger partial charge in [0.05, 0.1) is 12.2 Å². The molecule has 4 nitrogen and oxygen atoms in total. The molecule has 5 heteroatoms. The van der Waals surface area contributed by atoms with E-state index in [2.05, 4.69) is 0 Å². The van der Waals surface area contributed by atoms with E-state index in [0.717, 1.165) is 11.3 Å². The first kappa shape index (κ1) is 16.0. The van der Waals surface area contributed by atoms with Crippen LogP contribution >= 0.6 is 0 Å². The van der Waals surface area contributed by atoms with Crippen LogP contribution in [0, 0.1) is 0 Å². The highest BCUT2D eigenvalue weighted by atomic mass is 32.2. The maximum atomic E-state index is 11.0. The fourth-order valence-corrected chi connectivity index (χ4v) is 2.46. The van der Waals surface area contributed by atoms with Gasteiger partial charge >= 0.3 is 0 Å². The number of ether oxygens (including phenoxy) is 1. The smallest absolute Gasteiger partial charge is 0.147 e. The Morgan fingerprint density at radius 3 is 2.58 bits per heavy atom. The lowest BCUT2D eigenvalue weighted by molar-refractivity contribution is 0.165. The van der Waals surface area contributed by atoms with Gasteiger partial charge in [0.1, 0.15) is 15.6 Å². The van der Waals surface area contributed by atoms with Crippen molar-refractivity contribution in [3.8, 4) is 5.75 Å². The highest BCUT2D eigenvalue weighted by molar-refractivity contribution is 7.90. The zero-order chi connectivity index (χ0) is 14.5. The van der Waals surface area contributed by atoms with Crippen molar-refractivity contribution in [2.24, 2.45) is 0 Å². The summed E-state index contributed by atoms with van der Waals surface area (Å²) >= 11 is 0. The number of hydrogen-bond donors (Lipinski definition) is 1. The average Bonchev–Trinajstić information content (AvgIpc) is 2.26. The van der Waals surface area contributed by atoms with E-state index in [0.29, 0.717) is 12.8 Å². The molecule has 0 aliphatic heterocycles. The van der Waals surface area contributed by atoms with Crippen molar-refractivity contribution in [2.45, 2.75) is 38.9 Å². The monoisotopic (exact) mass is 286 g/mol. The summed E-state index contributed by atoms with van der Waals surface area (Å²) in [5.74, 6) is 0.821. The molecule has 1 atom stereocenters. The number of aliphatic hydroxyl groups is 1. The largest absolute Gasteiger partial charge is 0.491 e. The van der Waals surface area contributed by atoms with E-state index < -0.39 is 15.9 Å². The Kier molecular flexibility index (Phi) is 5.82. The minimum Gasteiger partial charge on any atom is -0.491 e.